The second kappa shape index (κ2) is 14.6. The molecule has 11 rings (SSSR count). The van der Waals surface area contributed by atoms with E-state index in [-0.39, 0.29) is 0 Å². The Balaban J connectivity index is 0.996. The first-order valence-corrected chi connectivity index (χ1v) is 20.7. The third kappa shape index (κ3) is 6.22. The first-order valence-electron chi connectivity index (χ1n) is 20.7. The maximum atomic E-state index is 2.40. The highest BCUT2D eigenvalue weighted by Crippen LogP contribution is 2.52. The van der Waals surface area contributed by atoms with Crippen LogP contribution in [-0.4, -0.2) is 0 Å². The van der Waals surface area contributed by atoms with Gasteiger partial charge in [0.15, 0.2) is 0 Å². The van der Waals surface area contributed by atoms with Gasteiger partial charge in [0.2, 0.25) is 0 Å². The Hall–Kier alpha value is -7.68. The molecular formula is C58H42N2. The third-order valence-corrected chi connectivity index (χ3v) is 12.2. The quantitative estimate of drug-likeness (QED) is 0.152. The van der Waals surface area contributed by atoms with Crippen molar-refractivity contribution in [1.82, 2.24) is 0 Å². The maximum Gasteiger partial charge on any atom is 0.0496 e. The second-order valence-corrected chi connectivity index (χ2v) is 15.9. The summed E-state index contributed by atoms with van der Waals surface area (Å²) in [5, 5.41) is 4.95. The summed E-state index contributed by atoms with van der Waals surface area (Å²) in [5.41, 5.74) is 19.4. The first kappa shape index (κ1) is 35.5. The van der Waals surface area contributed by atoms with Gasteiger partial charge in [-0.3, -0.25) is 0 Å². The Bertz CT molecular complexity index is 2990. The molecule has 0 amide bonds. The summed E-state index contributed by atoms with van der Waals surface area (Å²) in [7, 11) is 0. The highest BCUT2D eigenvalue weighted by molar-refractivity contribution is 6.12. The van der Waals surface area contributed by atoms with E-state index in [2.05, 4.69) is 242 Å². The first-order chi connectivity index (χ1) is 29.6. The summed E-state index contributed by atoms with van der Waals surface area (Å²) < 4.78 is 0. The van der Waals surface area contributed by atoms with Crippen LogP contribution in [0.25, 0.3) is 66.1 Å². The molecule has 0 aromatic heterocycles. The molecule has 0 saturated heterocycles. The van der Waals surface area contributed by atoms with Crippen molar-refractivity contribution >= 4 is 55.7 Å². The van der Waals surface area contributed by atoms with Crippen LogP contribution in [0.3, 0.4) is 0 Å². The molecule has 0 atom stereocenters. The number of rotatable bonds is 8. The Morgan fingerprint density at radius 2 is 0.600 bits per heavy atom. The third-order valence-electron chi connectivity index (χ3n) is 12.2. The normalized spacial score (nSPS) is 11.5. The van der Waals surface area contributed by atoms with Crippen molar-refractivity contribution < 1.29 is 0 Å². The van der Waals surface area contributed by atoms with Gasteiger partial charge in [-0.2, -0.15) is 0 Å². The molecular weight excluding hydrogens is 725 g/mol. The van der Waals surface area contributed by atoms with Crippen molar-refractivity contribution in [3.05, 3.63) is 230 Å². The molecule has 0 N–H and O–H groups in total. The van der Waals surface area contributed by atoms with E-state index in [9.17, 15) is 0 Å². The van der Waals surface area contributed by atoms with Gasteiger partial charge in [0.1, 0.15) is 0 Å². The molecule has 0 fully saturated rings. The molecule has 60 heavy (non-hydrogen) atoms. The Morgan fingerprint density at radius 3 is 0.983 bits per heavy atom. The second-order valence-electron chi connectivity index (χ2n) is 15.9. The van der Waals surface area contributed by atoms with Gasteiger partial charge in [-0.25, -0.2) is 0 Å². The minimum atomic E-state index is 1.13. The van der Waals surface area contributed by atoms with Gasteiger partial charge in [-0.15, -0.1) is 0 Å². The largest absolute Gasteiger partial charge is 0.310 e. The van der Waals surface area contributed by atoms with Crippen molar-refractivity contribution in [1.29, 1.82) is 0 Å². The Morgan fingerprint density at radius 1 is 0.250 bits per heavy atom. The van der Waals surface area contributed by atoms with E-state index in [0.29, 0.717) is 0 Å². The highest BCUT2D eigenvalue weighted by Gasteiger charge is 2.25. The zero-order valence-electron chi connectivity index (χ0n) is 33.7. The maximum absolute atomic E-state index is 2.40. The molecule has 0 saturated carbocycles. The molecule has 0 bridgehead atoms. The molecule has 1 aliphatic carbocycles. The van der Waals surface area contributed by atoms with Gasteiger partial charge in [0, 0.05) is 34.1 Å². The average molecular weight is 767 g/mol. The molecule has 2 nitrogen and oxygen atoms in total. The smallest absolute Gasteiger partial charge is 0.0496 e. The van der Waals surface area contributed by atoms with Gasteiger partial charge < -0.3 is 9.80 Å². The van der Waals surface area contributed by atoms with E-state index >= 15 is 0 Å². The predicted octanol–water partition coefficient (Wildman–Crippen LogP) is 16.5. The number of hydrogen-bond acceptors (Lipinski definition) is 2. The van der Waals surface area contributed by atoms with Crippen LogP contribution in [0.1, 0.15) is 11.1 Å². The van der Waals surface area contributed by atoms with E-state index in [1.165, 1.54) is 88.6 Å². The van der Waals surface area contributed by atoms with Crippen molar-refractivity contribution in [2.24, 2.45) is 0 Å². The van der Waals surface area contributed by atoms with Gasteiger partial charge in [-0.1, -0.05) is 133 Å². The van der Waals surface area contributed by atoms with Crippen molar-refractivity contribution in [3.63, 3.8) is 0 Å². The van der Waals surface area contributed by atoms with Gasteiger partial charge >= 0.3 is 0 Å². The molecule has 1 aliphatic rings. The lowest BCUT2D eigenvalue weighted by Gasteiger charge is -2.29. The molecule has 284 valence electrons. The topological polar surface area (TPSA) is 6.48 Å². The number of aryl methyl sites for hydroxylation is 2. The van der Waals surface area contributed by atoms with Crippen LogP contribution in [0.5, 0.6) is 0 Å². The van der Waals surface area contributed by atoms with Crippen LogP contribution in [0.4, 0.5) is 34.1 Å². The van der Waals surface area contributed by atoms with Crippen molar-refractivity contribution in [3.8, 4) is 44.5 Å². The molecule has 10 aromatic rings. The fourth-order valence-corrected chi connectivity index (χ4v) is 9.01. The van der Waals surface area contributed by atoms with E-state index < -0.39 is 0 Å². The number of para-hydroxylation sites is 2. The van der Waals surface area contributed by atoms with Gasteiger partial charge in [0.25, 0.3) is 0 Å². The van der Waals surface area contributed by atoms with E-state index in [1.807, 2.05) is 0 Å². The summed E-state index contributed by atoms with van der Waals surface area (Å²) in [6, 6.07) is 79.8. The summed E-state index contributed by atoms with van der Waals surface area (Å²) in [4.78, 5) is 4.80. The van der Waals surface area contributed by atoms with Gasteiger partial charge in [0.05, 0.1) is 0 Å². The molecule has 0 spiro atoms. The number of anilines is 6. The van der Waals surface area contributed by atoms with E-state index in [4.69, 9.17) is 0 Å². The Labute approximate surface area is 351 Å². The fourth-order valence-electron chi connectivity index (χ4n) is 9.01. The highest BCUT2D eigenvalue weighted by atomic mass is 15.1. The number of fused-ring (bicyclic) bond motifs is 6. The minimum absolute atomic E-state index is 1.13. The van der Waals surface area contributed by atoms with Crippen molar-refractivity contribution in [2.75, 3.05) is 9.80 Å². The van der Waals surface area contributed by atoms with E-state index in [0.717, 1.165) is 22.7 Å². The molecule has 10 aromatic carbocycles. The lowest BCUT2D eigenvalue weighted by molar-refractivity contribution is 1.25. The van der Waals surface area contributed by atoms with Crippen molar-refractivity contribution in [2.45, 2.75) is 13.8 Å². The molecule has 0 unspecified atom stereocenters. The van der Waals surface area contributed by atoms with Crippen LogP contribution in [0.15, 0.2) is 218 Å². The van der Waals surface area contributed by atoms with Crippen LogP contribution in [0.2, 0.25) is 0 Å². The van der Waals surface area contributed by atoms with Crippen LogP contribution >= 0.6 is 0 Å². The van der Waals surface area contributed by atoms with E-state index in [1.54, 1.807) is 0 Å². The zero-order valence-corrected chi connectivity index (χ0v) is 33.7. The molecule has 0 radical (unpaired) electrons. The standard InChI is InChI=1S/C58H42N2/c1-39-23-25-45(41-15-7-3-8-16-41)37-57(39)59(49-19-11-5-12-20-49)51-29-27-43-33-53-54-34-44-28-30-52(32-48(44)36-56(54)55(53)35-47(43)31-51)60(50-21-13-6-14-22-50)58-38-46(26-24-40(58)2)42-17-9-4-10-18-42/h3-38H,1-2H3. The fraction of sp³-hybridized carbons (Fsp3) is 0.0345. The summed E-state index contributed by atoms with van der Waals surface area (Å²) in [6.07, 6.45) is 0. The number of hydrogen-bond donors (Lipinski definition) is 0. The predicted molar refractivity (Wildman–Crippen MR) is 256 cm³/mol. The lowest BCUT2D eigenvalue weighted by atomic mass is 9.78. The van der Waals surface area contributed by atoms with Crippen LogP contribution < -0.4 is 9.80 Å². The Kier molecular flexibility index (Phi) is 8.64. The summed E-state index contributed by atoms with van der Waals surface area (Å²) in [6.45, 7) is 4.41. The van der Waals surface area contributed by atoms with Gasteiger partial charge in [-0.05, 0) is 176 Å². The summed E-state index contributed by atoms with van der Waals surface area (Å²) >= 11 is 0. The molecule has 2 heteroatoms. The zero-order chi connectivity index (χ0) is 40.2. The molecule has 0 heterocycles. The SMILES string of the molecule is Cc1ccc(-c2ccccc2)cc1N(c1ccccc1)c1ccc2cc3c(cc2c1)-c1cc2cc(N(c4ccccc4)c4cc(-c5ccccc5)ccc4C)ccc2cc1-3. The minimum Gasteiger partial charge on any atom is -0.310 e. The van der Waals surface area contributed by atoms with Crippen LogP contribution in [-0.2, 0) is 0 Å². The average Bonchev–Trinajstić information content (AvgIpc) is 3.30. The van der Waals surface area contributed by atoms with Crippen LogP contribution in [0, 0.1) is 13.8 Å². The summed E-state index contributed by atoms with van der Waals surface area (Å²) in [5.74, 6) is 0. The number of benzene rings is 10. The number of nitrogens with zero attached hydrogens (tertiary/aromatic N) is 2. The monoisotopic (exact) mass is 766 g/mol. The molecule has 0 aliphatic heterocycles. The lowest BCUT2D eigenvalue weighted by Crippen LogP contribution is -2.11.